The van der Waals surface area contributed by atoms with Gasteiger partial charge in [-0.3, -0.25) is 4.79 Å². The smallest absolute Gasteiger partial charge is 0.235 e. The molecule has 1 amide bonds. The van der Waals surface area contributed by atoms with Gasteiger partial charge in [-0.15, -0.1) is 11.8 Å². The number of aromatic amines is 1. The van der Waals surface area contributed by atoms with Crippen molar-refractivity contribution in [1.82, 2.24) is 29.7 Å². The molecule has 2 N–H and O–H groups in total. The largest absolute Gasteiger partial charge is 0.493 e. The summed E-state index contributed by atoms with van der Waals surface area (Å²) in [7, 11) is 3.21. The van der Waals surface area contributed by atoms with Crippen LogP contribution in [0.5, 0.6) is 11.5 Å². The predicted octanol–water partition coefficient (Wildman–Crippen LogP) is 2.64. The van der Waals surface area contributed by atoms with E-state index in [4.69, 9.17) is 14.6 Å². The number of anilines is 1. The second-order valence-electron chi connectivity index (χ2n) is 6.91. The number of hydrogen-bond acceptors (Lipinski definition) is 8. The van der Waals surface area contributed by atoms with E-state index in [1.165, 1.54) is 18.1 Å². The molecule has 0 saturated carbocycles. The number of H-pyrrole nitrogens is 1. The second-order valence-corrected chi connectivity index (χ2v) is 8.00. The first kappa shape index (κ1) is 19.4. The third-order valence-electron chi connectivity index (χ3n) is 5.12. The summed E-state index contributed by atoms with van der Waals surface area (Å²) < 4.78 is 12.5. The molecule has 31 heavy (non-hydrogen) atoms. The first-order valence-electron chi connectivity index (χ1n) is 9.48. The summed E-state index contributed by atoms with van der Waals surface area (Å²) in [6.45, 7) is 1.92. The average Bonchev–Trinajstić information content (AvgIpc) is 3.34. The Bertz CT molecular complexity index is 1300. The van der Waals surface area contributed by atoms with Gasteiger partial charge in [0.2, 0.25) is 5.91 Å². The molecule has 0 radical (unpaired) electrons. The normalized spacial score (nSPS) is 16.0. The zero-order valence-corrected chi connectivity index (χ0v) is 17.9. The lowest BCUT2D eigenvalue weighted by Crippen LogP contribution is -2.16. The van der Waals surface area contributed by atoms with Crippen LogP contribution >= 0.6 is 11.8 Å². The van der Waals surface area contributed by atoms with E-state index in [1.807, 2.05) is 25.1 Å². The molecule has 0 bridgehead atoms. The van der Waals surface area contributed by atoms with Gasteiger partial charge in [-0.2, -0.15) is 9.78 Å². The Labute approximate surface area is 181 Å². The number of benzene rings is 1. The average molecular weight is 437 g/mol. The van der Waals surface area contributed by atoms with Gasteiger partial charge in [0.1, 0.15) is 17.7 Å². The van der Waals surface area contributed by atoms with Crippen LogP contribution in [0.3, 0.4) is 0 Å². The molecule has 11 heteroatoms. The number of methoxy groups -OCH3 is 2. The summed E-state index contributed by atoms with van der Waals surface area (Å²) in [5, 5.41) is 7.59. The van der Waals surface area contributed by atoms with Crippen molar-refractivity contribution in [2.24, 2.45) is 0 Å². The van der Waals surface area contributed by atoms with E-state index in [-0.39, 0.29) is 11.2 Å². The lowest BCUT2D eigenvalue weighted by atomic mass is 10.0. The Morgan fingerprint density at radius 1 is 1.16 bits per heavy atom. The van der Waals surface area contributed by atoms with Crippen molar-refractivity contribution in [1.29, 1.82) is 0 Å². The van der Waals surface area contributed by atoms with Crippen LogP contribution in [0.25, 0.3) is 17.0 Å². The molecular formula is C20H19N7O3S. The number of fused-ring (bicyclic) bond motifs is 2. The molecule has 1 aromatic carbocycles. The minimum absolute atomic E-state index is 0.106. The van der Waals surface area contributed by atoms with Gasteiger partial charge in [-0.25, -0.2) is 15.0 Å². The van der Waals surface area contributed by atoms with Crippen LogP contribution in [0.2, 0.25) is 0 Å². The summed E-state index contributed by atoms with van der Waals surface area (Å²) in [6.07, 6.45) is 2.99. The highest BCUT2D eigenvalue weighted by molar-refractivity contribution is 8.00. The molecule has 1 aliphatic heterocycles. The molecule has 10 nitrogen and oxygen atoms in total. The number of ether oxygens (including phenoxy) is 2. The number of amides is 1. The number of rotatable bonds is 4. The summed E-state index contributed by atoms with van der Waals surface area (Å²) in [6, 6.07) is 5.78. The van der Waals surface area contributed by atoms with E-state index in [2.05, 4.69) is 25.3 Å². The molecule has 0 saturated heterocycles. The molecule has 4 heterocycles. The van der Waals surface area contributed by atoms with E-state index in [0.717, 1.165) is 16.8 Å². The lowest BCUT2D eigenvalue weighted by Gasteiger charge is -2.17. The molecule has 1 atom stereocenters. The van der Waals surface area contributed by atoms with Gasteiger partial charge in [0, 0.05) is 5.56 Å². The van der Waals surface area contributed by atoms with Crippen LogP contribution in [0.1, 0.15) is 22.1 Å². The fourth-order valence-electron chi connectivity index (χ4n) is 3.73. The Morgan fingerprint density at radius 3 is 2.81 bits per heavy atom. The standard InChI is InChI=1S/C20H19N7O3S/c1-10-15-17(11-4-5-12(29-2)13(6-11)30-3)31-7-14(28)25-19(15)27(26-10)20-16-18(22-8-21-16)23-9-24-20/h4-6,8-9,17H,7H2,1-3H3,(H,25,28)(H,21,22,23,24)/t17-/m0/s1. The highest BCUT2D eigenvalue weighted by atomic mass is 32.2. The van der Waals surface area contributed by atoms with Gasteiger partial charge < -0.3 is 19.8 Å². The number of carbonyl (C=O) groups excluding carboxylic acids is 1. The Hall–Kier alpha value is -3.60. The number of aryl methyl sites for hydroxylation is 1. The van der Waals surface area contributed by atoms with Crippen LogP contribution in [0.4, 0.5) is 5.82 Å². The number of thioether (sulfide) groups is 1. The molecule has 158 valence electrons. The Morgan fingerprint density at radius 2 is 2.00 bits per heavy atom. The zero-order chi connectivity index (χ0) is 21.5. The van der Waals surface area contributed by atoms with Crippen LogP contribution in [-0.2, 0) is 4.79 Å². The maximum Gasteiger partial charge on any atom is 0.235 e. The van der Waals surface area contributed by atoms with Crippen molar-refractivity contribution in [2.75, 3.05) is 25.3 Å². The van der Waals surface area contributed by atoms with E-state index in [0.29, 0.717) is 40.1 Å². The monoisotopic (exact) mass is 437 g/mol. The van der Waals surface area contributed by atoms with E-state index >= 15 is 0 Å². The van der Waals surface area contributed by atoms with Crippen molar-refractivity contribution < 1.29 is 14.3 Å². The number of hydrogen-bond donors (Lipinski definition) is 2. The first-order chi connectivity index (χ1) is 15.1. The topological polar surface area (TPSA) is 120 Å². The molecule has 1 aliphatic rings. The van der Waals surface area contributed by atoms with Crippen molar-refractivity contribution in [3.63, 3.8) is 0 Å². The quantitative estimate of drug-likeness (QED) is 0.500. The fraction of sp³-hybridized carbons (Fsp3) is 0.250. The number of nitrogens with one attached hydrogen (secondary N) is 2. The summed E-state index contributed by atoms with van der Waals surface area (Å²) in [5.74, 6) is 2.58. The second kappa shape index (κ2) is 7.58. The fourth-order valence-corrected chi connectivity index (χ4v) is 4.91. The van der Waals surface area contributed by atoms with Crippen LogP contribution in [0.15, 0.2) is 30.9 Å². The number of aromatic nitrogens is 6. The molecule has 0 spiro atoms. The van der Waals surface area contributed by atoms with Crippen LogP contribution in [0, 0.1) is 6.92 Å². The number of imidazole rings is 1. The van der Waals surface area contributed by atoms with Crippen molar-refractivity contribution in [3.05, 3.63) is 47.7 Å². The molecule has 0 aliphatic carbocycles. The minimum atomic E-state index is -0.137. The maximum absolute atomic E-state index is 12.6. The van der Waals surface area contributed by atoms with Crippen molar-refractivity contribution >= 4 is 34.7 Å². The summed E-state index contributed by atoms with van der Waals surface area (Å²) in [5.41, 5.74) is 3.85. The molecule has 4 aromatic rings. The molecule has 3 aromatic heterocycles. The third kappa shape index (κ3) is 3.17. The Kier molecular flexibility index (Phi) is 4.74. The molecule has 5 rings (SSSR count). The Balaban J connectivity index is 1.70. The number of carbonyl (C=O) groups is 1. The lowest BCUT2D eigenvalue weighted by molar-refractivity contribution is -0.113. The van der Waals surface area contributed by atoms with Gasteiger partial charge in [0.25, 0.3) is 0 Å². The first-order valence-corrected chi connectivity index (χ1v) is 10.5. The van der Waals surface area contributed by atoms with Crippen LogP contribution in [-0.4, -0.2) is 55.6 Å². The van der Waals surface area contributed by atoms with Crippen molar-refractivity contribution in [2.45, 2.75) is 12.2 Å². The molecular weight excluding hydrogens is 418 g/mol. The van der Waals surface area contributed by atoms with E-state index in [9.17, 15) is 4.79 Å². The van der Waals surface area contributed by atoms with Gasteiger partial charge in [-0.05, 0) is 24.6 Å². The SMILES string of the molecule is COc1ccc([C@@H]2SCC(=O)Nc3c2c(C)nn3-c2ncnc3nc[nH]c23)cc1OC. The minimum Gasteiger partial charge on any atom is -0.493 e. The van der Waals surface area contributed by atoms with Gasteiger partial charge in [0.05, 0.1) is 37.2 Å². The van der Waals surface area contributed by atoms with E-state index in [1.54, 1.807) is 25.2 Å². The predicted molar refractivity (Wildman–Crippen MR) is 116 cm³/mol. The number of nitrogens with zero attached hydrogens (tertiary/aromatic N) is 5. The summed E-state index contributed by atoms with van der Waals surface area (Å²) >= 11 is 1.53. The molecule has 0 fully saturated rings. The van der Waals surface area contributed by atoms with Crippen LogP contribution < -0.4 is 14.8 Å². The maximum atomic E-state index is 12.6. The van der Waals surface area contributed by atoms with Gasteiger partial charge in [-0.1, -0.05) is 6.07 Å². The highest BCUT2D eigenvalue weighted by Crippen LogP contribution is 2.45. The highest BCUT2D eigenvalue weighted by Gasteiger charge is 2.32. The third-order valence-corrected chi connectivity index (χ3v) is 6.39. The van der Waals surface area contributed by atoms with Gasteiger partial charge >= 0.3 is 0 Å². The zero-order valence-electron chi connectivity index (χ0n) is 17.0. The van der Waals surface area contributed by atoms with Crippen molar-refractivity contribution in [3.8, 4) is 17.3 Å². The molecule has 0 unspecified atom stereocenters. The van der Waals surface area contributed by atoms with Gasteiger partial charge in [0.15, 0.2) is 23.0 Å². The van der Waals surface area contributed by atoms with E-state index < -0.39 is 0 Å². The summed E-state index contributed by atoms with van der Waals surface area (Å²) in [4.78, 5) is 28.4.